The molecule has 19 heteroatoms. The van der Waals surface area contributed by atoms with E-state index in [1.807, 2.05) is 0 Å². The van der Waals surface area contributed by atoms with Crippen molar-refractivity contribution in [1.82, 2.24) is 0 Å². The van der Waals surface area contributed by atoms with Gasteiger partial charge >= 0.3 is 39.5 Å². The number of hydrogen-bond acceptors (Lipinski definition) is 15. The van der Waals surface area contributed by atoms with Crippen molar-refractivity contribution < 1.29 is 80.2 Å². The zero-order valence-electron chi connectivity index (χ0n) is 74.0. The summed E-state index contributed by atoms with van der Waals surface area (Å²) in [4.78, 5) is 73.5. The molecule has 0 aliphatic heterocycles. The molecule has 0 aliphatic carbocycles. The third-order valence-electron chi connectivity index (χ3n) is 22.0. The molecular weight excluding hydrogens is 1450 g/mol. The van der Waals surface area contributed by atoms with E-state index in [0.717, 1.165) is 102 Å². The Morgan fingerprint density at radius 3 is 0.607 bits per heavy atom. The molecule has 112 heavy (non-hydrogen) atoms. The topological polar surface area (TPSA) is 237 Å². The van der Waals surface area contributed by atoms with Gasteiger partial charge in [-0.2, -0.15) is 0 Å². The Labute approximate surface area is 689 Å². The van der Waals surface area contributed by atoms with Crippen molar-refractivity contribution in [1.29, 1.82) is 0 Å². The molecular formula is C93H182O17P2. The lowest BCUT2D eigenvalue weighted by Gasteiger charge is -2.21. The predicted molar refractivity (Wildman–Crippen MR) is 465 cm³/mol. The largest absolute Gasteiger partial charge is 0.472 e. The second-order valence-electron chi connectivity index (χ2n) is 34.4. The van der Waals surface area contributed by atoms with Gasteiger partial charge in [-0.25, -0.2) is 9.13 Å². The van der Waals surface area contributed by atoms with Gasteiger partial charge in [-0.05, 0) is 37.5 Å². The molecule has 0 fully saturated rings. The van der Waals surface area contributed by atoms with Gasteiger partial charge in [0.05, 0.1) is 26.4 Å². The van der Waals surface area contributed by atoms with Gasteiger partial charge in [-0.15, -0.1) is 0 Å². The van der Waals surface area contributed by atoms with Crippen LogP contribution in [0.5, 0.6) is 0 Å². The first-order valence-electron chi connectivity index (χ1n) is 48.0. The molecule has 5 atom stereocenters. The van der Waals surface area contributed by atoms with Gasteiger partial charge < -0.3 is 33.8 Å². The first kappa shape index (κ1) is 110. The first-order chi connectivity index (χ1) is 54.4. The number of unbranched alkanes of at least 4 members (excludes halogenated alkanes) is 62. The Morgan fingerprint density at radius 1 is 0.241 bits per heavy atom. The molecule has 0 heterocycles. The van der Waals surface area contributed by atoms with Crippen LogP contribution in [0, 0.1) is 11.8 Å². The van der Waals surface area contributed by atoms with E-state index in [4.69, 9.17) is 37.0 Å². The number of aliphatic hydroxyl groups is 1. The quantitative estimate of drug-likeness (QED) is 0.0222. The highest BCUT2D eigenvalue weighted by atomic mass is 31.2. The SMILES string of the molecule is CCCCCCCCCCCCCCCCCCCCCCCC(=O)OC[C@H](COP(=O)(O)OC[C@@H](O)COP(=O)(O)OC[C@@H](COC(=O)CCCCCCCCCCCC(C)C)OC(=O)CCCCCCCCCCCCCCCCCC(C)C)OC(=O)CCCCCCCCCCCCCCCCCCCCCCC. The average molecular weight is 1630 g/mol. The number of carbonyl (C=O) groups is 4. The summed E-state index contributed by atoms with van der Waals surface area (Å²) >= 11 is 0. The molecule has 0 radical (unpaired) electrons. The van der Waals surface area contributed by atoms with Crippen LogP contribution in [0.4, 0.5) is 0 Å². The van der Waals surface area contributed by atoms with Gasteiger partial charge in [0.25, 0.3) is 0 Å². The van der Waals surface area contributed by atoms with Gasteiger partial charge in [0.1, 0.15) is 19.3 Å². The first-order valence-corrected chi connectivity index (χ1v) is 51.0. The minimum atomic E-state index is -4.97. The van der Waals surface area contributed by atoms with Crippen LogP contribution in [0.1, 0.15) is 504 Å². The average Bonchev–Trinajstić information content (AvgIpc) is 0.907. The summed E-state index contributed by atoms with van der Waals surface area (Å²) in [7, 11) is -9.94. The van der Waals surface area contributed by atoms with Crippen LogP contribution < -0.4 is 0 Å². The molecule has 0 saturated carbocycles. The van der Waals surface area contributed by atoms with E-state index in [0.29, 0.717) is 25.7 Å². The van der Waals surface area contributed by atoms with Gasteiger partial charge in [0.15, 0.2) is 12.2 Å². The lowest BCUT2D eigenvalue weighted by Crippen LogP contribution is -2.30. The van der Waals surface area contributed by atoms with E-state index < -0.39 is 97.5 Å². The molecule has 0 aromatic rings. The van der Waals surface area contributed by atoms with Gasteiger partial charge in [-0.1, -0.05) is 452 Å². The molecule has 0 aromatic heterocycles. The summed E-state index contributed by atoms with van der Waals surface area (Å²) in [6.45, 7) is 9.72. The van der Waals surface area contributed by atoms with Gasteiger partial charge in [0, 0.05) is 25.7 Å². The number of aliphatic hydroxyl groups excluding tert-OH is 1. The number of hydrogen-bond donors (Lipinski definition) is 3. The van der Waals surface area contributed by atoms with E-state index in [1.54, 1.807) is 0 Å². The van der Waals surface area contributed by atoms with Crippen molar-refractivity contribution in [2.24, 2.45) is 11.8 Å². The van der Waals surface area contributed by atoms with Crippen LogP contribution in [-0.2, 0) is 65.4 Å². The molecule has 666 valence electrons. The third kappa shape index (κ3) is 85.9. The zero-order chi connectivity index (χ0) is 82.0. The fourth-order valence-corrected chi connectivity index (χ4v) is 16.2. The molecule has 0 bridgehead atoms. The monoisotopic (exact) mass is 1630 g/mol. The fourth-order valence-electron chi connectivity index (χ4n) is 14.7. The molecule has 0 aliphatic rings. The highest BCUT2D eigenvalue weighted by molar-refractivity contribution is 7.47. The lowest BCUT2D eigenvalue weighted by atomic mass is 10.0. The Balaban J connectivity index is 5.24. The van der Waals surface area contributed by atoms with E-state index in [9.17, 15) is 43.2 Å². The molecule has 3 N–H and O–H groups in total. The number of phosphoric ester groups is 2. The van der Waals surface area contributed by atoms with Crippen LogP contribution in [-0.4, -0.2) is 96.7 Å². The summed E-state index contributed by atoms with van der Waals surface area (Å²) in [6, 6.07) is 0. The van der Waals surface area contributed by atoms with Crippen molar-refractivity contribution in [2.45, 2.75) is 522 Å². The van der Waals surface area contributed by atoms with Crippen molar-refractivity contribution in [3.05, 3.63) is 0 Å². The molecule has 0 rings (SSSR count). The third-order valence-corrected chi connectivity index (χ3v) is 23.9. The number of carbonyl (C=O) groups excluding carboxylic acids is 4. The smallest absolute Gasteiger partial charge is 0.462 e. The summed E-state index contributed by atoms with van der Waals surface area (Å²) in [6.07, 6.45) is 79.4. The minimum Gasteiger partial charge on any atom is -0.462 e. The second kappa shape index (κ2) is 84.1. The molecule has 2 unspecified atom stereocenters. The molecule has 0 saturated heterocycles. The summed E-state index contributed by atoms with van der Waals surface area (Å²) < 4.78 is 69.1. The number of rotatable bonds is 92. The lowest BCUT2D eigenvalue weighted by molar-refractivity contribution is -0.161. The van der Waals surface area contributed by atoms with E-state index >= 15 is 0 Å². The van der Waals surface area contributed by atoms with Crippen LogP contribution in [0.25, 0.3) is 0 Å². The minimum absolute atomic E-state index is 0.108. The summed E-state index contributed by atoms with van der Waals surface area (Å²) in [5.74, 6) is -0.548. The van der Waals surface area contributed by atoms with E-state index in [-0.39, 0.29) is 25.7 Å². The van der Waals surface area contributed by atoms with Crippen molar-refractivity contribution in [3.8, 4) is 0 Å². The maximum atomic E-state index is 13.2. The predicted octanol–water partition coefficient (Wildman–Crippen LogP) is 29.0. The summed E-state index contributed by atoms with van der Waals surface area (Å²) in [5.41, 5.74) is 0. The number of esters is 4. The van der Waals surface area contributed by atoms with Crippen molar-refractivity contribution in [3.63, 3.8) is 0 Å². The molecule has 17 nitrogen and oxygen atoms in total. The van der Waals surface area contributed by atoms with Gasteiger partial charge in [-0.3, -0.25) is 37.3 Å². The van der Waals surface area contributed by atoms with Crippen LogP contribution in [0.15, 0.2) is 0 Å². The van der Waals surface area contributed by atoms with E-state index in [2.05, 4.69) is 41.5 Å². The Hall–Kier alpha value is -1.94. The van der Waals surface area contributed by atoms with Crippen molar-refractivity contribution >= 4 is 39.5 Å². The molecule has 0 aromatic carbocycles. The van der Waals surface area contributed by atoms with Gasteiger partial charge in [0.2, 0.25) is 0 Å². The Kier molecular flexibility index (Phi) is 82.6. The van der Waals surface area contributed by atoms with Crippen LogP contribution in [0.2, 0.25) is 0 Å². The number of ether oxygens (including phenoxy) is 4. The van der Waals surface area contributed by atoms with Crippen molar-refractivity contribution in [2.75, 3.05) is 39.6 Å². The molecule has 0 amide bonds. The van der Waals surface area contributed by atoms with Crippen LogP contribution in [0.3, 0.4) is 0 Å². The normalized spacial score (nSPS) is 13.7. The Morgan fingerprint density at radius 2 is 0.411 bits per heavy atom. The number of phosphoric acid groups is 2. The maximum absolute atomic E-state index is 13.2. The van der Waals surface area contributed by atoms with Crippen LogP contribution >= 0.6 is 15.6 Å². The summed E-state index contributed by atoms with van der Waals surface area (Å²) in [5, 5.41) is 10.7. The highest BCUT2D eigenvalue weighted by Gasteiger charge is 2.31. The second-order valence-corrected chi connectivity index (χ2v) is 37.3. The molecule has 0 spiro atoms. The highest BCUT2D eigenvalue weighted by Crippen LogP contribution is 2.45. The fraction of sp³-hybridized carbons (Fsp3) is 0.957. The van der Waals surface area contributed by atoms with E-state index in [1.165, 1.54) is 321 Å². The Bertz CT molecular complexity index is 2130. The standard InChI is InChI=1S/C93H182O17P2/c1-7-9-11-13-15-17-19-21-23-25-27-29-31-33-37-41-45-51-57-63-69-75-90(95)103-81-88(109-92(97)77-71-65-59-52-46-42-38-34-32-30-28-26-24-22-20-18-16-14-12-10-8-2)83-107-111(99,100)105-79-87(94)80-106-112(101,102)108-84-89(82-104-91(96)76-70-64-58-54-48-50-56-62-68-74-86(5)6)110-93(98)78-72-66-60-53-47-43-39-35-36-40-44-49-55-61-67-73-85(3)4/h85-89,94H,7-84H2,1-6H3,(H,99,100)(H,101,102)/t87-,88-,89-/m1/s1. The maximum Gasteiger partial charge on any atom is 0.472 e. The zero-order valence-corrected chi connectivity index (χ0v) is 75.8.